The normalized spacial score (nSPS) is 16.8. The van der Waals surface area contributed by atoms with Crippen LogP contribution < -0.4 is 5.32 Å². The molecule has 0 atom stereocenters. The summed E-state index contributed by atoms with van der Waals surface area (Å²) in [7, 11) is -4.61. The third-order valence-electron chi connectivity index (χ3n) is 2.75. The van der Waals surface area contributed by atoms with E-state index in [0.29, 0.717) is 13.1 Å². The molecule has 0 radical (unpaired) electrons. The Morgan fingerprint density at radius 3 is 1.90 bits per heavy atom. The number of rotatable bonds is 2. The van der Waals surface area contributed by atoms with Gasteiger partial charge in [-0.25, -0.2) is 26.0 Å². The highest BCUT2D eigenvalue weighted by Gasteiger charge is 2.34. The summed E-state index contributed by atoms with van der Waals surface area (Å²) in [6, 6.07) is -0.0263. The van der Waals surface area contributed by atoms with E-state index in [-0.39, 0.29) is 31.6 Å². The van der Waals surface area contributed by atoms with Crippen molar-refractivity contribution in [1.29, 1.82) is 0 Å². The van der Waals surface area contributed by atoms with Crippen LogP contribution in [0.3, 0.4) is 0 Å². The van der Waals surface area contributed by atoms with E-state index in [2.05, 4.69) is 5.32 Å². The average Bonchev–Trinajstić information content (AvgIpc) is 2.37. The molecule has 20 heavy (non-hydrogen) atoms. The van der Waals surface area contributed by atoms with Gasteiger partial charge in [-0.3, -0.25) is 0 Å². The van der Waals surface area contributed by atoms with E-state index in [0.717, 1.165) is 4.31 Å². The summed E-state index contributed by atoms with van der Waals surface area (Å²) in [5, 5.41) is 2.85. The van der Waals surface area contributed by atoms with Crippen LogP contribution in [0.5, 0.6) is 0 Å². The molecule has 1 aliphatic heterocycles. The summed E-state index contributed by atoms with van der Waals surface area (Å²) in [6.45, 7) is 0.527. The molecule has 1 heterocycles. The van der Waals surface area contributed by atoms with Crippen LogP contribution in [0.25, 0.3) is 0 Å². The van der Waals surface area contributed by atoms with Gasteiger partial charge in [-0.2, -0.15) is 4.31 Å². The summed E-state index contributed by atoms with van der Waals surface area (Å²) in [4.78, 5) is -1.58. The summed E-state index contributed by atoms with van der Waals surface area (Å²) in [5.74, 6) is -7.30. The maximum Gasteiger partial charge on any atom is 0.249 e. The highest BCUT2D eigenvalue weighted by molar-refractivity contribution is 7.89. The molecule has 0 aliphatic carbocycles. The zero-order valence-electron chi connectivity index (χ0n) is 10.00. The molecule has 0 spiro atoms. The first-order valence-corrected chi connectivity index (χ1v) is 6.83. The van der Waals surface area contributed by atoms with E-state index < -0.39 is 38.2 Å². The number of piperazine rings is 1. The van der Waals surface area contributed by atoms with Crippen molar-refractivity contribution in [3.05, 3.63) is 29.3 Å². The van der Waals surface area contributed by atoms with Gasteiger partial charge in [0.25, 0.3) is 0 Å². The predicted octanol–water partition coefficient (Wildman–Crippen LogP) is 1.26. The maximum atomic E-state index is 13.5. The van der Waals surface area contributed by atoms with Crippen molar-refractivity contribution < 1.29 is 26.0 Å². The van der Waals surface area contributed by atoms with Crippen molar-refractivity contribution in [3.63, 3.8) is 0 Å². The quantitative estimate of drug-likeness (QED) is 0.654. The second-order valence-electron chi connectivity index (χ2n) is 3.95. The van der Waals surface area contributed by atoms with Gasteiger partial charge < -0.3 is 5.32 Å². The molecular weight excluding hydrogens is 324 g/mol. The Morgan fingerprint density at radius 1 is 1.00 bits per heavy atom. The zero-order valence-corrected chi connectivity index (χ0v) is 11.6. The number of hydrogen-bond donors (Lipinski definition) is 1. The minimum Gasteiger partial charge on any atom is -0.314 e. The molecule has 4 nitrogen and oxygen atoms in total. The molecule has 2 rings (SSSR count). The molecule has 114 valence electrons. The SMILES string of the molecule is Cl.O=S(=O)(c1c(F)c(F)cc(F)c1F)N1CCNCC1. The smallest absolute Gasteiger partial charge is 0.249 e. The number of halogens is 5. The molecule has 1 aromatic rings. The third kappa shape index (κ3) is 2.90. The van der Waals surface area contributed by atoms with E-state index in [9.17, 15) is 26.0 Å². The van der Waals surface area contributed by atoms with Crippen molar-refractivity contribution in [2.24, 2.45) is 0 Å². The highest BCUT2D eigenvalue weighted by Crippen LogP contribution is 2.26. The lowest BCUT2D eigenvalue weighted by Crippen LogP contribution is -2.46. The first-order valence-electron chi connectivity index (χ1n) is 5.39. The molecule has 0 amide bonds. The topological polar surface area (TPSA) is 49.4 Å². The molecule has 0 aromatic heterocycles. The van der Waals surface area contributed by atoms with E-state index in [1.54, 1.807) is 0 Å². The van der Waals surface area contributed by atoms with Gasteiger partial charge in [0.15, 0.2) is 28.2 Å². The summed E-state index contributed by atoms with van der Waals surface area (Å²) in [5.41, 5.74) is 0. The van der Waals surface area contributed by atoms with E-state index in [1.807, 2.05) is 0 Å². The van der Waals surface area contributed by atoms with Gasteiger partial charge in [0.05, 0.1) is 0 Å². The number of benzene rings is 1. The minimum atomic E-state index is -4.61. The van der Waals surface area contributed by atoms with E-state index >= 15 is 0 Å². The van der Waals surface area contributed by atoms with E-state index in [4.69, 9.17) is 0 Å². The molecule has 1 fully saturated rings. The van der Waals surface area contributed by atoms with Crippen molar-refractivity contribution >= 4 is 22.4 Å². The van der Waals surface area contributed by atoms with Gasteiger partial charge in [0.2, 0.25) is 10.0 Å². The van der Waals surface area contributed by atoms with Gasteiger partial charge in [-0.1, -0.05) is 0 Å². The fraction of sp³-hybridized carbons (Fsp3) is 0.400. The summed E-state index contributed by atoms with van der Waals surface area (Å²) >= 11 is 0. The third-order valence-corrected chi connectivity index (χ3v) is 4.66. The van der Waals surface area contributed by atoms with Gasteiger partial charge in [-0.05, 0) is 0 Å². The zero-order chi connectivity index (χ0) is 14.2. The van der Waals surface area contributed by atoms with Crippen LogP contribution in [0, 0.1) is 23.3 Å². The lowest BCUT2D eigenvalue weighted by atomic mass is 10.3. The van der Waals surface area contributed by atoms with E-state index in [1.165, 1.54) is 0 Å². The summed E-state index contributed by atoms with van der Waals surface area (Å²) < 4.78 is 77.9. The van der Waals surface area contributed by atoms with Crippen molar-refractivity contribution in [1.82, 2.24) is 9.62 Å². The minimum absolute atomic E-state index is 0. The Balaban J connectivity index is 0.00000200. The largest absolute Gasteiger partial charge is 0.314 e. The molecule has 0 bridgehead atoms. The number of nitrogens with one attached hydrogen (secondary N) is 1. The lowest BCUT2D eigenvalue weighted by Gasteiger charge is -2.26. The second kappa shape index (κ2) is 6.25. The molecular formula is C10H11ClF4N2O2S. The Labute approximate surface area is 119 Å². The molecule has 1 aliphatic rings. The lowest BCUT2D eigenvalue weighted by molar-refractivity contribution is 0.350. The predicted molar refractivity (Wildman–Crippen MR) is 65.2 cm³/mol. The Morgan fingerprint density at radius 2 is 1.45 bits per heavy atom. The van der Waals surface area contributed by atoms with Gasteiger partial charge in [-0.15, -0.1) is 12.4 Å². The number of nitrogens with zero attached hydrogens (tertiary/aromatic N) is 1. The summed E-state index contributed by atoms with van der Waals surface area (Å²) in [6.07, 6.45) is 0. The van der Waals surface area contributed by atoms with Crippen LogP contribution in [0.1, 0.15) is 0 Å². The Hall–Kier alpha value is -0.900. The Kier molecular flexibility index (Phi) is 5.36. The average molecular weight is 335 g/mol. The highest BCUT2D eigenvalue weighted by atomic mass is 35.5. The first-order chi connectivity index (χ1) is 8.85. The van der Waals surface area contributed by atoms with Crippen molar-refractivity contribution in [3.8, 4) is 0 Å². The van der Waals surface area contributed by atoms with Gasteiger partial charge in [0.1, 0.15) is 0 Å². The van der Waals surface area contributed by atoms with Gasteiger partial charge >= 0.3 is 0 Å². The molecule has 0 unspecified atom stereocenters. The fourth-order valence-electron chi connectivity index (χ4n) is 1.79. The fourth-order valence-corrected chi connectivity index (χ4v) is 3.36. The molecule has 0 saturated carbocycles. The molecule has 1 aromatic carbocycles. The van der Waals surface area contributed by atoms with Crippen LogP contribution in [0.4, 0.5) is 17.6 Å². The monoisotopic (exact) mass is 334 g/mol. The van der Waals surface area contributed by atoms with Crippen LogP contribution in [-0.2, 0) is 10.0 Å². The van der Waals surface area contributed by atoms with Crippen LogP contribution in [0.15, 0.2) is 11.0 Å². The first kappa shape index (κ1) is 17.2. The molecule has 1 saturated heterocycles. The Bertz CT molecular complexity index is 580. The van der Waals surface area contributed by atoms with Gasteiger partial charge in [0, 0.05) is 32.2 Å². The van der Waals surface area contributed by atoms with Crippen molar-refractivity contribution in [2.75, 3.05) is 26.2 Å². The molecule has 1 N–H and O–H groups in total. The van der Waals surface area contributed by atoms with Crippen molar-refractivity contribution in [2.45, 2.75) is 4.90 Å². The number of hydrogen-bond acceptors (Lipinski definition) is 3. The second-order valence-corrected chi connectivity index (χ2v) is 5.83. The van der Waals surface area contributed by atoms with Crippen LogP contribution in [-0.4, -0.2) is 38.9 Å². The van der Waals surface area contributed by atoms with Crippen LogP contribution >= 0.6 is 12.4 Å². The maximum absolute atomic E-state index is 13.5. The van der Waals surface area contributed by atoms with Crippen LogP contribution in [0.2, 0.25) is 0 Å². The number of sulfonamides is 1. The standard InChI is InChI=1S/C10H10F4N2O2S.ClH/c11-6-5-7(12)9(14)10(8(6)13)19(17,18)16-3-1-15-2-4-16;/h5,15H,1-4H2;1H. The molecule has 10 heteroatoms.